The van der Waals surface area contributed by atoms with Crippen molar-refractivity contribution >= 4 is 5.78 Å². The van der Waals surface area contributed by atoms with Crippen molar-refractivity contribution in [1.29, 1.82) is 0 Å². The highest BCUT2D eigenvalue weighted by Gasteiger charge is 2.14. The molecule has 0 aliphatic rings. The molecular formula is C9H18O2. The van der Waals surface area contributed by atoms with Crippen molar-refractivity contribution in [1.82, 2.24) is 0 Å². The fourth-order valence-corrected chi connectivity index (χ4v) is 1.14. The molecule has 0 rings (SSSR count). The van der Waals surface area contributed by atoms with E-state index in [1.165, 1.54) is 6.92 Å². The Morgan fingerprint density at radius 1 is 1.55 bits per heavy atom. The largest absolute Gasteiger partial charge is 0.392 e. The maximum atomic E-state index is 10.6. The number of carbonyl (C=O) groups excluding carboxylic acids is 1. The summed E-state index contributed by atoms with van der Waals surface area (Å²) in [6.07, 6.45) is 1.93. The fraction of sp³-hybridized carbons (Fsp3) is 0.889. The maximum Gasteiger partial charge on any atom is 0.132 e. The lowest BCUT2D eigenvalue weighted by Crippen LogP contribution is -2.20. The Hall–Kier alpha value is -0.370. The van der Waals surface area contributed by atoms with Crippen LogP contribution in [0, 0.1) is 5.92 Å². The second-order valence-corrected chi connectivity index (χ2v) is 3.24. The molecule has 0 spiro atoms. The number of hydrogen-bond acceptors (Lipinski definition) is 2. The lowest BCUT2D eigenvalue weighted by molar-refractivity contribution is -0.119. The third kappa shape index (κ3) is 4.96. The summed E-state index contributed by atoms with van der Waals surface area (Å²) in [5.74, 6) is 0.323. The van der Waals surface area contributed by atoms with E-state index < -0.39 is 6.10 Å². The normalized spacial score (nSPS) is 16.0. The van der Waals surface area contributed by atoms with Gasteiger partial charge in [0, 0.05) is 6.42 Å². The molecule has 0 saturated heterocycles. The van der Waals surface area contributed by atoms with Crippen LogP contribution < -0.4 is 0 Å². The van der Waals surface area contributed by atoms with Gasteiger partial charge in [0.1, 0.15) is 5.78 Å². The zero-order chi connectivity index (χ0) is 8.85. The number of Topliss-reactive ketones (excluding diaryl/α,β-unsaturated/α-hetero) is 1. The van der Waals surface area contributed by atoms with E-state index in [-0.39, 0.29) is 11.7 Å². The minimum absolute atomic E-state index is 0.0699. The van der Waals surface area contributed by atoms with Crippen molar-refractivity contribution in [3.63, 3.8) is 0 Å². The summed E-state index contributed by atoms with van der Waals surface area (Å²) in [7, 11) is 0. The molecule has 0 aliphatic carbocycles. The molecule has 0 fully saturated rings. The van der Waals surface area contributed by atoms with Crippen molar-refractivity contribution in [2.75, 3.05) is 0 Å². The first-order valence-corrected chi connectivity index (χ1v) is 4.25. The topological polar surface area (TPSA) is 37.3 Å². The molecule has 2 atom stereocenters. The van der Waals surface area contributed by atoms with Gasteiger partial charge in [0.2, 0.25) is 0 Å². The highest BCUT2D eigenvalue weighted by molar-refractivity contribution is 5.75. The molecule has 2 unspecified atom stereocenters. The molecule has 0 aromatic rings. The van der Waals surface area contributed by atoms with E-state index in [1.54, 1.807) is 0 Å². The van der Waals surface area contributed by atoms with E-state index in [0.29, 0.717) is 6.42 Å². The van der Waals surface area contributed by atoms with E-state index in [2.05, 4.69) is 6.92 Å². The first-order valence-electron chi connectivity index (χ1n) is 4.25. The minimum atomic E-state index is -0.438. The molecule has 0 radical (unpaired) electrons. The second-order valence-electron chi connectivity index (χ2n) is 3.24. The van der Waals surface area contributed by atoms with Crippen LogP contribution in [-0.2, 0) is 4.79 Å². The van der Waals surface area contributed by atoms with Crippen LogP contribution in [-0.4, -0.2) is 17.0 Å². The zero-order valence-corrected chi connectivity index (χ0v) is 7.63. The summed E-state index contributed by atoms with van der Waals surface area (Å²) in [4.78, 5) is 10.6. The number of aliphatic hydroxyl groups is 1. The van der Waals surface area contributed by atoms with E-state index >= 15 is 0 Å². The summed E-state index contributed by atoms with van der Waals surface area (Å²) in [6.45, 7) is 5.58. The minimum Gasteiger partial charge on any atom is -0.392 e. The van der Waals surface area contributed by atoms with Gasteiger partial charge < -0.3 is 5.11 Å². The molecule has 0 bridgehead atoms. The van der Waals surface area contributed by atoms with Crippen LogP contribution in [0.2, 0.25) is 0 Å². The number of rotatable bonds is 5. The van der Waals surface area contributed by atoms with Crippen LogP contribution in [0.15, 0.2) is 0 Å². The van der Waals surface area contributed by atoms with Gasteiger partial charge in [0.05, 0.1) is 6.10 Å². The van der Waals surface area contributed by atoms with Crippen molar-refractivity contribution in [3.8, 4) is 0 Å². The highest BCUT2D eigenvalue weighted by atomic mass is 16.3. The molecule has 0 saturated carbocycles. The van der Waals surface area contributed by atoms with E-state index in [0.717, 1.165) is 12.8 Å². The molecule has 2 nitrogen and oxygen atoms in total. The van der Waals surface area contributed by atoms with Crippen LogP contribution in [0.1, 0.15) is 40.0 Å². The van der Waals surface area contributed by atoms with E-state index in [4.69, 9.17) is 0 Å². The molecular weight excluding hydrogens is 140 g/mol. The monoisotopic (exact) mass is 158 g/mol. The first kappa shape index (κ1) is 10.6. The number of carbonyl (C=O) groups is 1. The molecule has 0 aromatic carbocycles. The maximum absolute atomic E-state index is 10.6. The predicted molar refractivity (Wildman–Crippen MR) is 45.4 cm³/mol. The molecule has 0 heterocycles. The van der Waals surface area contributed by atoms with E-state index in [1.807, 2.05) is 6.92 Å². The lowest BCUT2D eigenvalue weighted by Gasteiger charge is -2.16. The summed E-state index contributed by atoms with van der Waals surface area (Å²) in [5, 5.41) is 9.40. The Morgan fingerprint density at radius 3 is 2.45 bits per heavy atom. The quantitative estimate of drug-likeness (QED) is 0.662. The van der Waals surface area contributed by atoms with Gasteiger partial charge in [-0.15, -0.1) is 0 Å². The van der Waals surface area contributed by atoms with E-state index in [9.17, 15) is 9.90 Å². The Morgan fingerprint density at radius 2 is 2.09 bits per heavy atom. The van der Waals surface area contributed by atoms with Gasteiger partial charge in [-0.3, -0.25) is 4.79 Å². The summed E-state index contributed by atoms with van der Waals surface area (Å²) < 4.78 is 0. The molecule has 0 aliphatic heterocycles. The van der Waals surface area contributed by atoms with Gasteiger partial charge >= 0.3 is 0 Å². The van der Waals surface area contributed by atoms with Crippen molar-refractivity contribution in [3.05, 3.63) is 0 Å². The van der Waals surface area contributed by atoms with Crippen molar-refractivity contribution in [2.45, 2.75) is 46.1 Å². The summed E-state index contributed by atoms with van der Waals surface area (Å²) in [6, 6.07) is 0. The van der Waals surface area contributed by atoms with Gasteiger partial charge in [-0.2, -0.15) is 0 Å². The number of ketones is 1. The molecule has 0 amide bonds. The van der Waals surface area contributed by atoms with Gasteiger partial charge in [-0.1, -0.05) is 20.3 Å². The Bertz CT molecular complexity index is 121. The molecule has 1 N–H and O–H groups in total. The fourth-order valence-electron chi connectivity index (χ4n) is 1.14. The van der Waals surface area contributed by atoms with Crippen LogP contribution in [0.3, 0.4) is 0 Å². The number of hydrogen-bond donors (Lipinski definition) is 1. The third-order valence-electron chi connectivity index (χ3n) is 1.90. The predicted octanol–water partition coefficient (Wildman–Crippen LogP) is 1.76. The van der Waals surface area contributed by atoms with Crippen LogP contribution in [0.4, 0.5) is 0 Å². The summed E-state index contributed by atoms with van der Waals surface area (Å²) >= 11 is 0. The average molecular weight is 158 g/mol. The molecule has 11 heavy (non-hydrogen) atoms. The van der Waals surface area contributed by atoms with Crippen LogP contribution in [0.5, 0.6) is 0 Å². The lowest BCUT2D eigenvalue weighted by atomic mass is 9.96. The summed E-state index contributed by atoms with van der Waals surface area (Å²) in [5.41, 5.74) is 0. The third-order valence-corrected chi connectivity index (χ3v) is 1.90. The van der Waals surface area contributed by atoms with Gasteiger partial charge in [0.25, 0.3) is 0 Å². The average Bonchev–Trinajstić information content (AvgIpc) is 1.86. The Labute approximate surface area is 68.6 Å². The smallest absolute Gasteiger partial charge is 0.132 e. The molecule has 66 valence electrons. The van der Waals surface area contributed by atoms with Gasteiger partial charge in [-0.25, -0.2) is 0 Å². The molecule has 0 aromatic heterocycles. The first-order chi connectivity index (χ1) is 5.07. The standard InChI is InChI=1S/C9H18O2/c1-4-5-7(2)9(11)6-8(3)10/h7,9,11H,4-6H2,1-3H3. The van der Waals surface area contributed by atoms with Crippen molar-refractivity contribution in [2.24, 2.45) is 5.92 Å². The molecule has 2 heteroatoms. The Balaban J connectivity index is 3.63. The Kier molecular flexibility index (Phi) is 5.12. The van der Waals surface area contributed by atoms with Crippen molar-refractivity contribution < 1.29 is 9.90 Å². The highest BCUT2D eigenvalue weighted by Crippen LogP contribution is 2.13. The zero-order valence-electron chi connectivity index (χ0n) is 7.63. The second kappa shape index (κ2) is 5.30. The van der Waals surface area contributed by atoms with Crippen LogP contribution in [0.25, 0.3) is 0 Å². The number of aliphatic hydroxyl groups excluding tert-OH is 1. The SMILES string of the molecule is CCCC(C)C(O)CC(C)=O. The van der Waals surface area contributed by atoms with Gasteiger partial charge in [0.15, 0.2) is 0 Å². The van der Waals surface area contributed by atoms with Gasteiger partial charge in [-0.05, 0) is 19.3 Å². The van der Waals surface area contributed by atoms with Crippen LogP contribution >= 0.6 is 0 Å².